The van der Waals surface area contributed by atoms with Crippen LogP contribution in [0.15, 0.2) is 64.4 Å². The van der Waals surface area contributed by atoms with Crippen LogP contribution in [0.2, 0.25) is 0 Å². The molecule has 0 atom stereocenters. The number of hydrogen-bond acceptors (Lipinski definition) is 5. The van der Waals surface area contributed by atoms with Crippen LogP contribution in [0.5, 0.6) is 0 Å². The number of aromatic nitrogens is 3. The van der Waals surface area contributed by atoms with E-state index in [0.717, 1.165) is 42.9 Å². The predicted molar refractivity (Wildman–Crippen MR) is 123 cm³/mol. The van der Waals surface area contributed by atoms with Gasteiger partial charge in [0.2, 0.25) is 0 Å². The zero-order valence-corrected chi connectivity index (χ0v) is 18.2. The zero-order valence-electron chi connectivity index (χ0n) is 18.2. The fourth-order valence-corrected chi connectivity index (χ4v) is 4.43. The highest BCUT2D eigenvalue weighted by Gasteiger charge is 2.31. The lowest BCUT2D eigenvalue weighted by molar-refractivity contribution is -0.137. The van der Waals surface area contributed by atoms with Crippen molar-refractivity contribution in [2.24, 2.45) is 0 Å². The standard InChI is InChI=1S/C24H22F3N5O2/c25-24(26,27)17-5-6-20-19(13-17)22(33)32(21-15-29-14-16-3-1-2-4-18(16)21)23(34)31(20)12-11-30-9-7-28-8-10-30/h1-6,13-15,28H,7-12H2. The van der Waals surface area contributed by atoms with Crippen LogP contribution in [-0.2, 0) is 12.7 Å². The Balaban J connectivity index is 1.75. The van der Waals surface area contributed by atoms with E-state index in [4.69, 9.17) is 0 Å². The van der Waals surface area contributed by atoms with Gasteiger partial charge in [-0.3, -0.25) is 19.2 Å². The van der Waals surface area contributed by atoms with Gasteiger partial charge in [-0.1, -0.05) is 24.3 Å². The van der Waals surface area contributed by atoms with E-state index in [-0.39, 0.29) is 23.1 Å². The van der Waals surface area contributed by atoms with E-state index in [1.807, 2.05) is 0 Å². The molecular weight excluding hydrogens is 447 g/mol. The molecule has 0 bridgehead atoms. The van der Waals surface area contributed by atoms with E-state index in [1.165, 1.54) is 16.8 Å². The van der Waals surface area contributed by atoms with Crippen molar-refractivity contribution < 1.29 is 13.2 Å². The Bertz CT molecular complexity index is 1480. The molecule has 4 aromatic rings. The van der Waals surface area contributed by atoms with Crippen LogP contribution in [0, 0.1) is 0 Å². The number of rotatable bonds is 4. The molecule has 10 heteroatoms. The number of halogens is 3. The van der Waals surface area contributed by atoms with Crippen LogP contribution >= 0.6 is 0 Å². The summed E-state index contributed by atoms with van der Waals surface area (Å²) in [5.41, 5.74) is -1.92. The molecule has 0 aliphatic carbocycles. The molecule has 1 saturated heterocycles. The Kier molecular flexibility index (Phi) is 5.70. The highest BCUT2D eigenvalue weighted by Crippen LogP contribution is 2.30. The number of nitrogens with zero attached hydrogens (tertiary/aromatic N) is 4. The number of nitrogens with one attached hydrogen (secondary N) is 1. The minimum absolute atomic E-state index is 0.164. The summed E-state index contributed by atoms with van der Waals surface area (Å²) in [4.78, 5) is 33.4. The molecule has 1 aliphatic rings. The number of fused-ring (bicyclic) bond motifs is 2. The lowest BCUT2D eigenvalue weighted by atomic mass is 10.1. The van der Waals surface area contributed by atoms with Gasteiger partial charge in [-0.2, -0.15) is 13.2 Å². The van der Waals surface area contributed by atoms with Crippen molar-refractivity contribution in [2.45, 2.75) is 12.7 Å². The first-order valence-corrected chi connectivity index (χ1v) is 11.0. The highest BCUT2D eigenvalue weighted by atomic mass is 19.4. The molecule has 7 nitrogen and oxygen atoms in total. The number of benzene rings is 2. The first kappa shape index (κ1) is 22.3. The number of hydrogen-bond donors (Lipinski definition) is 1. The molecule has 0 unspecified atom stereocenters. The smallest absolute Gasteiger partial charge is 0.314 e. The SMILES string of the molecule is O=c1c2cc(C(F)(F)F)ccc2n(CCN2CCNCC2)c(=O)n1-c1cncc2ccccc12. The molecule has 34 heavy (non-hydrogen) atoms. The zero-order chi connectivity index (χ0) is 23.9. The van der Waals surface area contributed by atoms with Crippen LogP contribution in [0.4, 0.5) is 13.2 Å². The summed E-state index contributed by atoms with van der Waals surface area (Å²) in [5, 5.41) is 4.41. The van der Waals surface area contributed by atoms with Gasteiger partial charge in [-0.15, -0.1) is 0 Å². The number of pyridine rings is 1. The Hall–Kier alpha value is -3.50. The van der Waals surface area contributed by atoms with Crippen LogP contribution in [0.25, 0.3) is 27.4 Å². The van der Waals surface area contributed by atoms with E-state index in [2.05, 4.69) is 15.2 Å². The normalized spacial score (nSPS) is 15.3. The molecule has 0 saturated carbocycles. The molecule has 0 radical (unpaired) electrons. The summed E-state index contributed by atoms with van der Waals surface area (Å²) in [6.45, 7) is 4.02. The van der Waals surface area contributed by atoms with Crippen LogP contribution in [0.3, 0.4) is 0 Å². The maximum atomic E-state index is 13.6. The van der Waals surface area contributed by atoms with E-state index in [0.29, 0.717) is 17.3 Å². The summed E-state index contributed by atoms with van der Waals surface area (Å²) >= 11 is 0. The quantitative estimate of drug-likeness (QED) is 0.498. The first-order valence-electron chi connectivity index (χ1n) is 11.0. The molecule has 0 spiro atoms. The fourth-order valence-electron chi connectivity index (χ4n) is 4.43. The molecule has 1 aliphatic heterocycles. The summed E-state index contributed by atoms with van der Waals surface area (Å²) in [5.74, 6) is 0. The van der Waals surface area contributed by atoms with Crippen molar-refractivity contribution in [3.8, 4) is 5.69 Å². The minimum Gasteiger partial charge on any atom is -0.314 e. The molecule has 3 heterocycles. The van der Waals surface area contributed by atoms with Gasteiger partial charge in [0.15, 0.2) is 0 Å². The second-order valence-electron chi connectivity index (χ2n) is 8.28. The van der Waals surface area contributed by atoms with Crippen molar-refractivity contribution in [3.63, 3.8) is 0 Å². The van der Waals surface area contributed by atoms with E-state index in [9.17, 15) is 22.8 Å². The maximum Gasteiger partial charge on any atom is 0.416 e. The fraction of sp³-hybridized carbons (Fsp3) is 0.292. The maximum absolute atomic E-state index is 13.6. The third kappa shape index (κ3) is 3.99. The van der Waals surface area contributed by atoms with Crippen molar-refractivity contribution in [1.82, 2.24) is 24.3 Å². The van der Waals surface area contributed by atoms with E-state index >= 15 is 0 Å². The van der Waals surface area contributed by atoms with Gasteiger partial charge in [0.25, 0.3) is 5.56 Å². The summed E-state index contributed by atoms with van der Waals surface area (Å²) in [7, 11) is 0. The number of alkyl halides is 3. The van der Waals surface area contributed by atoms with E-state index < -0.39 is 23.0 Å². The van der Waals surface area contributed by atoms with E-state index in [1.54, 1.807) is 30.5 Å². The van der Waals surface area contributed by atoms with Gasteiger partial charge >= 0.3 is 11.9 Å². The average Bonchev–Trinajstić information content (AvgIpc) is 2.84. The molecule has 2 aromatic carbocycles. The van der Waals surface area contributed by atoms with Crippen LogP contribution < -0.4 is 16.6 Å². The van der Waals surface area contributed by atoms with Gasteiger partial charge in [-0.25, -0.2) is 9.36 Å². The predicted octanol–water partition coefficient (Wildman–Crippen LogP) is 2.62. The topological polar surface area (TPSA) is 72.2 Å². The summed E-state index contributed by atoms with van der Waals surface area (Å²) < 4.78 is 42.7. The first-order chi connectivity index (χ1) is 16.3. The Morgan fingerprint density at radius 3 is 2.47 bits per heavy atom. The second-order valence-corrected chi connectivity index (χ2v) is 8.28. The summed E-state index contributed by atoms with van der Waals surface area (Å²) in [6.07, 6.45) is -1.62. The Labute approximate surface area is 192 Å². The van der Waals surface area contributed by atoms with Gasteiger partial charge in [0.05, 0.1) is 28.4 Å². The molecular formula is C24H22F3N5O2. The average molecular weight is 469 g/mol. The van der Waals surface area contributed by atoms with Crippen molar-refractivity contribution in [3.05, 3.63) is 81.3 Å². The van der Waals surface area contributed by atoms with Crippen LogP contribution in [0.1, 0.15) is 5.56 Å². The molecule has 176 valence electrons. The van der Waals surface area contributed by atoms with Crippen molar-refractivity contribution in [1.29, 1.82) is 0 Å². The Morgan fingerprint density at radius 2 is 1.71 bits per heavy atom. The largest absolute Gasteiger partial charge is 0.416 e. The van der Waals surface area contributed by atoms with Crippen molar-refractivity contribution in [2.75, 3.05) is 32.7 Å². The highest BCUT2D eigenvalue weighted by molar-refractivity contribution is 5.89. The lowest BCUT2D eigenvalue weighted by Crippen LogP contribution is -2.46. The second kappa shape index (κ2) is 8.69. The third-order valence-corrected chi connectivity index (χ3v) is 6.21. The summed E-state index contributed by atoms with van der Waals surface area (Å²) in [6, 6.07) is 10.1. The van der Waals surface area contributed by atoms with Gasteiger partial charge in [0.1, 0.15) is 0 Å². The third-order valence-electron chi connectivity index (χ3n) is 6.21. The molecule has 5 rings (SSSR count). The monoisotopic (exact) mass is 469 g/mol. The minimum atomic E-state index is -4.62. The van der Waals surface area contributed by atoms with Gasteiger partial charge in [0, 0.05) is 56.2 Å². The van der Waals surface area contributed by atoms with Crippen LogP contribution in [-0.4, -0.2) is 51.7 Å². The Morgan fingerprint density at radius 1 is 0.941 bits per heavy atom. The molecule has 2 aromatic heterocycles. The van der Waals surface area contributed by atoms with Gasteiger partial charge in [-0.05, 0) is 18.2 Å². The lowest BCUT2D eigenvalue weighted by Gasteiger charge is -2.27. The number of piperazine rings is 1. The molecule has 1 fully saturated rings. The molecule has 1 N–H and O–H groups in total. The van der Waals surface area contributed by atoms with Crippen molar-refractivity contribution >= 4 is 21.7 Å². The molecule has 0 amide bonds. The van der Waals surface area contributed by atoms with Gasteiger partial charge < -0.3 is 5.32 Å².